The van der Waals surface area contributed by atoms with Crippen molar-refractivity contribution in [3.63, 3.8) is 0 Å². The summed E-state index contributed by atoms with van der Waals surface area (Å²) in [6.45, 7) is 0. The SMILES string of the molecule is O=C(N/N=C/c1cccc2ccccc12)/C(=C\c1cccs1)NC(=O)c1ccccc1. The first-order valence-electron chi connectivity index (χ1n) is 9.63. The van der Waals surface area contributed by atoms with Crippen LogP contribution in [0.25, 0.3) is 16.8 Å². The predicted molar refractivity (Wildman–Crippen MR) is 126 cm³/mol. The van der Waals surface area contributed by atoms with E-state index in [9.17, 15) is 9.59 Å². The minimum atomic E-state index is -0.505. The van der Waals surface area contributed by atoms with Crippen molar-refractivity contribution in [2.24, 2.45) is 5.10 Å². The van der Waals surface area contributed by atoms with Gasteiger partial charge in [-0.2, -0.15) is 5.10 Å². The van der Waals surface area contributed by atoms with Gasteiger partial charge in [0.25, 0.3) is 11.8 Å². The number of fused-ring (bicyclic) bond motifs is 1. The molecule has 152 valence electrons. The maximum Gasteiger partial charge on any atom is 0.287 e. The van der Waals surface area contributed by atoms with E-state index in [4.69, 9.17) is 0 Å². The highest BCUT2D eigenvalue weighted by Gasteiger charge is 2.14. The lowest BCUT2D eigenvalue weighted by atomic mass is 10.1. The minimum absolute atomic E-state index is 0.117. The van der Waals surface area contributed by atoms with E-state index in [2.05, 4.69) is 15.8 Å². The molecule has 2 N–H and O–H groups in total. The van der Waals surface area contributed by atoms with Crippen molar-refractivity contribution < 1.29 is 9.59 Å². The van der Waals surface area contributed by atoms with E-state index in [0.717, 1.165) is 21.2 Å². The Morgan fingerprint density at radius 1 is 0.839 bits per heavy atom. The Morgan fingerprint density at radius 3 is 2.42 bits per heavy atom. The first-order valence-corrected chi connectivity index (χ1v) is 10.5. The number of hydrogen-bond acceptors (Lipinski definition) is 4. The van der Waals surface area contributed by atoms with Gasteiger partial charge < -0.3 is 5.32 Å². The van der Waals surface area contributed by atoms with Gasteiger partial charge >= 0.3 is 0 Å². The molecule has 0 spiro atoms. The van der Waals surface area contributed by atoms with Crippen molar-refractivity contribution in [3.8, 4) is 0 Å². The third-order valence-electron chi connectivity index (χ3n) is 4.55. The van der Waals surface area contributed by atoms with Crippen LogP contribution in [0, 0.1) is 0 Å². The summed E-state index contributed by atoms with van der Waals surface area (Å²) >= 11 is 1.47. The number of nitrogens with zero attached hydrogens (tertiary/aromatic N) is 1. The predicted octanol–water partition coefficient (Wildman–Crippen LogP) is 4.82. The summed E-state index contributed by atoms with van der Waals surface area (Å²) in [4.78, 5) is 26.2. The zero-order chi connectivity index (χ0) is 21.5. The first kappa shape index (κ1) is 20.3. The fourth-order valence-electron chi connectivity index (χ4n) is 3.04. The van der Waals surface area contributed by atoms with Crippen LogP contribution >= 0.6 is 11.3 Å². The Balaban J connectivity index is 1.53. The average Bonchev–Trinajstić information content (AvgIpc) is 3.32. The molecule has 1 aromatic heterocycles. The van der Waals surface area contributed by atoms with E-state index in [1.165, 1.54) is 11.3 Å². The Morgan fingerprint density at radius 2 is 1.61 bits per heavy atom. The third kappa shape index (κ3) is 5.12. The third-order valence-corrected chi connectivity index (χ3v) is 5.37. The van der Waals surface area contributed by atoms with E-state index >= 15 is 0 Å². The highest BCUT2D eigenvalue weighted by atomic mass is 32.1. The summed E-state index contributed by atoms with van der Waals surface area (Å²) < 4.78 is 0. The molecule has 0 aliphatic rings. The fourth-order valence-corrected chi connectivity index (χ4v) is 3.70. The second kappa shape index (κ2) is 9.65. The maximum atomic E-state index is 12.8. The largest absolute Gasteiger partial charge is 0.317 e. The number of hydrogen-bond donors (Lipinski definition) is 2. The molecule has 0 aliphatic carbocycles. The van der Waals surface area contributed by atoms with E-state index in [1.54, 1.807) is 36.6 Å². The zero-order valence-electron chi connectivity index (χ0n) is 16.5. The van der Waals surface area contributed by atoms with Crippen molar-refractivity contribution in [2.45, 2.75) is 0 Å². The molecule has 2 amide bonds. The number of hydrazone groups is 1. The summed E-state index contributed by atoms with van der Waals surface area (Å²) in [5.41, 5.74) is 3.98. The van der Waals surface area contributed by atoms with Crippen molar-refractivity contribution in [2.75, 3.05) is 0 Å². The summed E-state index contributed by atoms with van der Waals surface area (Å²) in [6.07, 6.45) is 3.23. The molecule has 0 fully saturated rings. The topological polar surface area (TPSA) is 70.6 Å². The molecular weight excluding hydrogens is 406 g/mol. The summed E-state index contributed by atoms with van der Waals surface area (Å²) in [7, 11) is 0. The molecule has 0 aliphatic heterocycles. The molecule has 3 aromatic carbocycles. The standard InChI is InChI=1S/C25H19N3O2S/c29-24(19-9-2-1-3-10-19)27-23(16-21-13-7-15-31-21)25(30)28-26-17-20-12-6-11-18-8-4-5-14-22(18)20/h1-17H,(H,27,29)(H,28,30)/b23-16+,26-17+. The molecular formula is C25H19N3O2S. The maximum absolute atomic E-state index is 12.8. The first-order chi connectivity index (χ1) is 15.2. The zero-order valence-corrected chi connectivity index (χ0v) is 17.3. The molecule has 0 atom stereocenters. The van der Waals surface area contributed by atoms with Gasteiger partial charge in [-0.05, 0) is 40.4 Å². The lowest BCUT2D eigenvalue weighted by Crippen LogP contribution is -2.32. The van der Waals surface area contributed by atoms with Gasteiger partial charge in [0.15, 0.2) is 0 Å². The summed E-state index contributed by atoms with van der Waals surface area (Å²) in [5, 5.41) is 10.8. The average molecular weight is 426 g/mol. The Kier molecular flexibility index (Phi) is 6.30. The molecule has 5 nitrogen and oxygen atoms in total. The summed E-state index contributed by atoms with van der Waals surface area (Å²) in [6, 6.07) is 26.3. The molecule has 0 saturated heterocycles. The molecule has 6 heteroatoms. The van der Waals surface area contributed by atoms with Crippen LogP contribution in [0.5, 0.6) is 0 Å². The summed E-state index contributed by atoms with van der Waals surface area (Å²) in [5.74, 6) is -0.870. The lowest BCUT2D eigenvalue weighted by molar-refractivity contribution is -0.117. The van der Waals surface area contributed by atoms with Gasteiger partial charge in [-0.25, -0.2) is 5.43 Å². The smallest absolute Gasteiger partial charge is 0.287 e. The Hall–Kier alpha value is -4.03. The van der Waals surface area contributed by atoms with Crippen LogP contribution in [0.4, 0.5) is 0 Å². The number of nitrogens with one attached hydrogen (secondary N) is 2. The van der Waals surface area contributed by atoms with Crippen LogP contribution in [-0.2, 0) is 4.79 Å². The number of benzene rings is 3. The van der Waals surface area contributed by atoms with Crippen LogP contribution in [0.15, 0.2) is 101 Å². The van der Waals surface area contributed by atoms with Gasteiger partial charge in [0, 0.05) is 16.0 Å². The molecule has 0 unspecified atom stereocenters. The van der Waals surface area contributed by atoms with Crippen LogP contribution < -0.4 is 10.7 Å². The van der Waals surface area contributed by atoms with Crippen molar-refractivity contribution in [1.82, 2.24) is 10.7 Å². The second-order valence-electron chi connectivity index (χ2n) is 6.66. The van der Waals surface area contributed by atoms with Crippen LogP contribution in [0.1, 0.15) is 20.8 Å². The monoisotopic (exact) mass is 425 g/mol. The lowest BCUT2D eigenvalue weighted by Gasteiger charge is -2.09. The van der Waals surface area contributed by atoms with Crippen molar-refractivity contribution >= 4 is 46.2 Å². The van der Waals surface area contributed by atoms with E-state index in [1.807, 2.05) is 66.0 Å². The normalized spacial score (nSPS) is 11.5. The molecule has 1 heterocycles. The van der Waals surface area contributed by atoms with Gasteiger partial charge in [-0.15, -0.1) is 11.3 Å². The number of thiophene rings is 1. The van der Waals surface area contributed by atoms with Crippen molar-refractivity contribution in [1.29, 1.82) is 0 Å². The molecule has 31 heavy (non-hydrogen) atoms. The number of carbonyl (C=O) groups excluding carboxylic acids is 2. The van der Waals surface area contributed by atoms with Crippen molar-refractivity contribution in [3.05, 3.63) is 112 Å². The minimum Gasteiger partial charge on any atom is -0.317 e. The number of carbonyl (C=O) groups is 2. The second-order valence-corrected chi connectivity index (χ2v) is 7.64. The molecule has 0 saturated carbocycles. The highest BCUT2D eigenvalue weighted by molar-refractivity contribution is 7.10. The van der Waals surface area contributed by atoms with Gasteiger partial charge in [0.05, 0.1) is 6.21 Å². The van der Waals surface area contributed by atoms with Gasteiger partial charge in [-0.3, -0.25) is 9.59 Å². The van der Waals surface area contributed by atoms with Gasteiger partial charge in [0.2, 0.25) is 0 Å². The Labute approximate surface area is 183 Å². The molecule has 0 bridgehead atoms. The van der Waals surface area contributed by atoms with Crippen LogP contribution in [0.2, 0.25) is 0 Å². The fraction of sp³-hybridized carbons (Fsp3) is 0. The van der Waals surface area contributed by atoms with Crippen LogP contribution in [-0.4, -0.2) is 18.0 Å². The highest BCUT2D eigenvalue weighted by Crippen LogP contribution is 2.17. The van der Waals surface area contributed by atoms with E-state index < -0.39 is 5.91 Å². The Bertz CT molecular complexity index is 1260. The number of amides is 2. The van der Waals surface area contributed by atoms with E-state index in [0.29, 0.717) is 5.56 Å². The molecule has 4 aromatic rings. The van der Waals surface area contributed by atoms with Crippen LogP contribution in [0.3, 0.4) is 0 Å². The quantitative estimate of drug-likeness (QED) is 0.264. The number of rotatable bonds is 6. The molecule has 0 radical (unpaired) electrons. The van der Waals surface area contributed by atoms with Gasteiger partial charge in [0.1, 0.15) is 5.70 Å². The molecule has 4 rings (SSSR count). The van der Waals surface area contributed by atoms with Gasteiger partial charge in [-0.1, -0.05) is 66.7 Å². The van der Waals surface area contributed by atoms with E-state index in [-0.39, 0.29) is 11.6 Å².